The van der Waals surface area contributed by atoms with Gasteiger partial charge in [0.15, 0.2) is 0 Å². The molecule has 2 aromatic heterocycles. The Balaban J connectivity index is 1.50. The number of aromatic nitrogens is 3. The highest BCUT2D eigenvalue weighted by Gasteiger charge is 2.30. The van der Waals surface area contributed by atoms with Crippen LogP contribution in [0, 0.1) is 5.92 Å². The first-order valence-electron chi connectivity index (χ1n) is 8.36. The van der Waals surface area contributed by atoms with E-state index in [1.54, 1.807) is 11.9 Å². The van der Waals surface area contributed by atoms with Crippen LogP contribution in [-0.4, -0.2) is 63.1 Å². The number of halogens is 1. The van der Waals surface area contributed by atoms with Crippen LogP contribution in [-0.2, 0) is 11.3 Å². The number of rotatable bonds is 4. The summed E-state index contributed by atoms with van der Waals surface area (Å²) in [6, 6.07) is 0. The zero-order valence-corrected chi connectivity index (χ0v) is 15.8. The zero-order chi connectivity index (χ0) is 18.2. The number of H-pyrrole nitrogens is 1. The minimum absolute atomic E-state index is 0.272. The number of hydrogen-bond donors (Lipinski definition) is 1. The minimum atomic E-state index is -0.465. The SMILES string of the molecule is CN(CC1CN(Cc2c[nH]c3ncnc(Cl)c23)C1)C(=O)OC(C)(C)C. The van der Waals surface area contributed by atoms with Gasteiger partial charge in [-0.3, -0.25) is 4.90 Å². The first-order valence-corrected chi connectivity index (χ1v) is 8.73. The predicted octanol–water partition coefficient (Wildman–Crippen LogP) is 2.91. The molecule has 0 unspecified atom stereocenters. The van der Waals surface area contributed by atoms with Crippen molar-refractivity contribution in [2.45, 2.75) is 32.9 Å². The molecule has 7 nitrogen and oxygen atoms in total. The van der Waals surface area contributed by atoms with Crippen molar-refractivity contribution >= 4 is 28.7 Å². The van der Waals surface area contributed by atoms with Crippen molar-refractivity contribution in [3.05, 3.63) is 23.2 Å². The average Bonchev–Trinajstić information content (AvgIpc) is 2.87. The number of ether oxygens (including phenoxy) is 1. The third-order valence-corrected chi connectivity index (χ3v) is 4.46. The Morgan fingerprint density at radius 1 is 1.44 bits per heavy atom. The Kier molecular flexibility index (Phi) is 4.88. The van der Waals surface area contributed by atoms with Crippen molar-refractivity contribution in [1.29, 1.82) is 0 Å². The Morgan fingerprint density at radius 3 is 2.84 bits per heavy atom. The monoisotopic (exact) mass is 365 g/mol. The van der Waals surface area contributed by atoms with E-state index in [0.717, 1.165) is 36.2 Å². The first-order chi connectivity index (χ1) is 11.7. The summed E-state index contributed by atoms with van der Waals surface area (Å²) in [5, 5.41) is 1.36. The van der Waals surface area contributed by atoms with Crippen LogP contribution in [0.25, 0.3) is 11.0 Å². The smallest absolute Gasteiger partial charge is 0.410 e. The van der Waals surface area contributed by atoms with Gasteiger partial charge in [-0.2, -0.15) is 0 Å². The molecule has 1 fully saturated rings. The van der Waals surface area contributed by atoms with Crippen LogP contribution >= 0.6 is 11.6 Å². The third kappa shape index (κ3) is 4.22. The summed E-state index contributed by atoms with van der Waals surface area (Å²) >= 11 is 6.19. The molecule has 1 aliphatic rings. The van der Waals surface area contributed by atoms with Gasteiger partial charge in [0.2, 0.25) is 0 Å². The molecule has 3 heterocycles. The molecule has 0 spiro atoms. The molecule has 1 saturated heterocycles. The second-order valence-corrected chi connectivity index (χ2v) is 7.98. The normalized spacial score (nSPS) is 16.0. The van der Waals surface area contributed by atoms with Crippen molar-refractivity contribution in [1.82, 2.24) is 24.8 Å². The lowest BCUT2D eigenvalue weighted by atomic mass is 9.99. The molecule has 25 heavy (non-hydrogen) atoms. The fourth-order valence-electron chi connectivity index (χ4n) is 3.07. The highest BCUT2D eigenvalue weighted by atomic mass is 35.5. The topological polar surface area (TPSA) is 74.4 Å². The number of carbonyl (C=O) groups is 1. The Morgan fingerprint density at radius 2 is 2.16 bits per heavy atom. The molecule has 136 valence electrons. The van der Waals surface area contributed by atoms with E-state index in [4.69, 9.17) is 16.3 Å². The summed E-state index contributed by atoms with van der Waals surface area (Å²) in [6.45, 7) is 8.98. The Hall–Kier alpha value is -1.86. The summed E-state index contributed by atoms with van der Waals surface area (Å²) in [7, 11) is 1.79. The van der Waals surface area contributed by atoms with Crippen molar-refractivity contribution in [3.8, 4) is 0 Å². The predicted molar refractivity (Wildman–Crippen MR) is 96.5 cm³/mol. The Bertz CT molecular complexity index is 764. The van der Waals surface area contributed by atoms with Gasteiger partial charge in [-0.1, -0.05) is 11.6 Å². The van der Waals surface area contributed by atoms with E-state index in [1.165, 1.54) is 6.33 Å². The van der Waals surface area contributed by atoms with Gasteiger partial charge in [0.1, 0.15) is 22.7 Å². The van der Waals surface area contributed by atoms with E-state index in [-0.39, 0.29) is 6.09 Å². The number of nitrogens with one attached hydrogen (secondary N) is 1. The largest absolute Gasteiger partial charge is 0.444 e. The number of amides is 1. The molecule has 2 aromatic rings. The van der Waals surface area contributed by atoms with E-state index in [2.05, 4.69) is 19.9 Å². The minimum Gasteiger partial charge on any atom is -0.444 e. The zero-order valence-electron chi connectivity index (χ0n) is 15.0. The van der Waals surface area contributed by atoms with Crippen LogP contribution in [0.3, 0.4) is 0 Å². The Labute approximate surface area is 152 Å². The van der Waals surface area contributed by atoms with Gasteiger partial charge >= 0.3 is 6.09 Å². The number of aromatic amines is 1. The quantitative estimate of drug-likeness (QED) is 0.843. The highest BCUT2D eigenvalue weighted by Crippen LogP contribution is 2.27. The van der Waals surface area contributed by atoms with Crippen molar-refractivity contribution in [2.75, 3.05) is 26.7 Å². The molecule has 1 amide bonds. The summed E-state index contributed by atoms with van der Waals surface area (Å²) in [5.41, 5.74) is 1.39. The number of likely N-dealkylation sites (tertiary alicyclic amines) is 1. The van der Waals surface area contributed by atoms with Crippen LogP contribution in [0.15, 0.2) is 12.5 Å². The molecule has 3 rings (SSSR count). The molecule has 0 aliphatic carbocycles. The third-order valence-electron chi connectivity index (χ3n) is 4.17. The van der Waals surface area contributed by atoms with Gasteiger partial charge in [0, 0.05) is 45.3 Å². The van der Waals surface area contributed by atoms with Gasteiger partial charge in [-0.05, 0) is 26.3 Å². The van der Waals surface area contributed by atoms with Crippen molar-refractivity contribution in [3.63, 3.8) is 0 Å². The maximum atomic E-state index is 12.0. The maximum absolute atomic E-state index is 12.0. The second kappa shape index (κ2) is 6.80. The van der Waals surface area contributed by atoms with E-state index in [9.17, 15) is 4.79 Å². The molecule has 1 aliphatic heterocycles. The van der Waals surface area contributed by atoms with Gasteiger partial charge in [0.05, 0.1) is 5.39 Å². The molecule has 0 radical (unpaired) electrons. The second-order valence-electron chi connectivity index (χ2n) is 7.62. The highest BCUT2D eigenvalue weighted by molar-refractivity contribution is 6.34. The standard InChI is InChI=1S/C17H24ClN5O2/c1-17(2,3)25-16(24)22(4)6-11-7-23(8-11)9-12-5-19-15-13(12)14(18)20-10-21-15/h5,10-11H,6-9H2,1-4H3,(H,19,20,21). The summed E-state index contributed by atoms with van der Waals surface area (Å²) in [6.07, 6.45) is 3.12. The average molecular weight is 366 g/mol. The molecule has 0 atom stereocenters. The van der Waals surface area contributed by atoms with Gasteiger partial charge in [0.25, 0.3) is 0 Å². The van der Waals surface area contributed by atoms with Crippen molar-refractivity contribution in [2.24, 2.45) is 5.92 Å². The number of nitrogens with zero attached hydrogens (tertiary/aromatic N) is 4. The molecule has 0 bridgehead atoms. The first kappa shape index (κ1) is 17.9. The maximum Gasteiger partial charge on any atom is 0.410 e. The lowest BCUT2D eigenvalue weighted by molar-refractivity contribution is 0.0151. The van der Waals surface area contributed by atoms with E-state index >= 15 is 0 Å². The number of carbonyl (C=O) groups excluding carboxylic acids is 1. The van der Waals surface area contributed by atoms with Crippen LogP contribution in [0.5, 0.6) is 0 Å². The summed E-state index contributed by atoms with van der Waals surface area (Å²) in [5.74, 6) is 0.453. The molecule has 1 N–H and O–H groups in total. The lowest BCUT2D eigenvalue weighted by Crippen LogP contribution is -2.51. The molecule has 8 heteroatoms. The molecular weight excluding hydrogens is 342 g/mol. The van der Waals surface area contributed by atoms with E-state index in [1.807, 2.05) is 27.0 Å². The molecular formula is C17H24ClN5O2. The van der Waals surface area contributed by atoms with Crippen LogP contribution in [0.4, 0.5) is 4.79 Å². The van der Waals surface area contributed by atoms with Crippen molar-refractivity contribution < 1.29 is 9.53 Å². The number of fused-ring (bicyclic) bond motifs is 1. The van der Waals surface area contributed by atoms with Crippen LogP contribution in [0.1, 0.15) is 26.3 Å². The van der Waals surface area contributed by atoms with Gasteiger partial charge in [-0.25, -0.2) is 14.8 Å². The fraction of sp³-hybridized carbons (Fsp3) is 0.588. The fourth-order valence-corrected chi connectivity index (χ4v) is 3.33. The van der Waals surface area contributed by atoms with Gasteiger partial charge < -0.3 is 14.6 Å². The lowest BCUT2D eigenvalue weighted by Gasteiger charge is -2.41. The van der Waals surface area contributed by atoms with Crippen LogP contribution < -0.4 is 0 Å². The van der Waals surface area contributed by atoms with E-state index < -0.39 is 5.60 Å². The van der Waals surface area contributed by atoms with Gasteiger partial charge in [-0.15, -0.1) is 0 Å². The molecule has 0 saturated carbocycles. The number of hydrogen-bond acceptors (Lipinski definition) is 5. The summed E-state index contributed by atoms with van der Waals surface area (Å²) in [4.78, 5) is 27.4. The van der Waals surface area contributed by atoms with E-state index in [0.29, 0.717) is 17.6 Å². The molecule has 0 aromatic carbocycles. The van der Waals surface area contributed by atoms with Crippen LogP contribution in [0.2, 0.25) is 5.15 Å². The summed E-state index contributed by atoms with van der Waals surface area (Å²) < 4.78 is 5.38.